The number of carbonyl (C=O) groups is 4. The first-order valence-corrected chi connectivity index (χ1v) is 25.8. The van der Waals surface area contributed by atoms with Gasteiger partial charge in [-0.25, -0.2) is 0 Å². The second kappa shape index (κ2) is 22.0. The van der Waals surface area contributed by atoms with E-state index in [0.717, 1.165) is 56.6 Å². The fourth-order valence-electron chi connectivity index (χ4n) is 9.48. The molecule has 362 valence electrons. The number of nitrogens with zero attached hydrogens (tertiary/aromatic N) is 5. The number of piperazine rings is 2. The summed E-state index contributed by atoms with van der Waals surface area (Å²) in [6, 6.07) is 18.0. The number of aromatic nitrogens is 2. The molecule has 4 aromatic heterocycles. The van der Waals surface area contributed by atoms with Gasteiger partial charge in [0, 0.05) is 127 Å². The zero-order valence-corrected chi connectivity index (χ0v) is 41.9. The number of halogens is 2. The molecule has 0 saturated carbocycles. The molecule has 6 aromatic rings. The maximum Gasteiger partial charge on any atom is 0.295 e. The topological polar surface area (TPSA) is 169 Å². The Morgan fingerprint density at radius 2 is 1.26 bits per heavy atom. The minimum absolute atomic E-state index is 0.0177. The average molecular weight is 1000 g/mol. The highest BCUT2D eigenvalue weighted by Crippen LogP contribution is 2.31. The molecular formula is C50H60Cl2N8O6S2. The molecule has 10 rings (SSSR count). The Bertz CT molecular complexity index is 2700. The summed E-state index contributed by atoms with van der Waals surface area (Å²) in [4.78, 5) is 71.4. The maximum absolute atomic E-state index is 13.7. The van der Waals surface area contributed by atoms with Gasteiger partial charge in [-0.3, -0.25) is 29.0 Å². The van der Waals surface area contributed by atoms with Crippen molar-refractivity contribution in [1.29, 1.82) is 0 Å². The van der Waals surface area contributed by atoms with E-state index < -0.39 is 17.8 Å². The summed E-state index contributed by atoms with van der Waals surface area (Å²) in [7, 11) is 0. The summed E-state index contributed by atoms with van der Waals surface area (Å²) in [5, 5.41) is 27.9. The van der Waals surface area contributed by atoms with Crippen molar-refractivity contribution in [2.45, 2.75) is 90.0 Å². The van der Waals surface area contributed by atoms with E-state index in [0.29, 0.717) is 64.2 Å². The van der Waals surface area contributed by atoms with E-state index >= 15 is 0 Å². The van der Waals surface area contributed by atoms with Crippen LogP contribution in [0.3, 0.4) is 0 Å². The number of nitrogens with one attached hydrogen (secondary N) is 3. The quantitative estimate of drug-likeness (QED) is 0.0774. The predicted molar refractivity (Wildman–Crippen MR) is 271 cm³/mol. The smallest absolute Gasteiger partial charge is 0.295 e. The van der Waals surface area contributed by atoms with Gasteiger partial charge in [0.1, 0.15) is 0 Å². The van der Waals surface area contributed by atoms with Gasteiger partial charge in [-0.1, -0.05) is 35.3 Å². The van der Waals surface area contributed by atoms with E-state index in [2.05, 4.69) is 74.8 Å². The number of hydrogen-bond acceptors (Lipinski definition) is 11. The summed E-state index contributed by atoms with van der Waals surface area (Å²) < 4.78 is 0. The third-order valence-corrected chi connectivity index (χ3v) is 15.8. The lowest BCUT2D eigenvalue weighted by Crippen LogP contribution is -2.57. The van der Waals surface area contributed by atoms with Crippen LogP contribution in [0.5, 0.6) is 0 Å². The number of hydrogen-bond donors (Lipinski definition) is 5. The number of aliphatic hydroxyl groups is 2. The third kappa shape index (κ3) is 11.4. The van der Waals surface area contributed by atoms with Crippen molar-refractivity contribution >= 4 is 91.2 Å². The molecule has 0 aliphatic carbocycles. The largest absolute Gasteiger partial charge is 0.392 e. The summed E-state index contributed by atoms with van der Waals surface area (Å²) in [5.74, 6) is -1.49. The molecule has 4 aliphatic heterocycles. The number of aromatic amines is 2. The summed E-state index contributed by atoms with van der Waals surface area (Å²) in [5.41, 5.74) is 2.63. The van der Waals surface area contributed by atoms with Gasteiger partial charge < -0.3 is 40.2 Å². The minimum Gasteiger partial charge on any atom is -0.392 e. The lowest BCUT2D eigenvalue weighted by Gasteiger charge is -2.44. The Labute approximate surface area is 414 Å². The SMILES string of the molecule is C[C@@H]1CN(Cc2cccs2)[C@@H](C)CN1C(=O)c1cc2c(C(=O)C(=O)N3CC[C@@H](O)C3)c[nH]c2cc1Cl.C[C@@H]1CN(Cc2cccs2)[C@@H](C)CN1C(=O)c1cc2cc[nH]c2cc1Cl.O[C@@H]1CCNC1. The van der Waals surface area contributed by atoms with Gasteiger partial charge in [0.15, 0.2) is 0 Å². The Balaban J connectivity index is 0.000000170. The number of fused-ring (bicyclic) bond motifs is 2. The number of likely N-dealkylation sites (tertiary alicyclic amines) is 1. The third-order valence-electron chi connectivity index (χ3n) is 13.4. The standard InChI is InChI=1S/C26H29ClN4O4S.C20H22ClN3OS.C4H9NO/c1-15-12-31(16(2)11-30(15)14-18-4-3-7-36-18)25(34)20-8-19-21(10-28-23(19)9-22(20)27)24(33)26(35)29-6-5-17(32)13-29;1-13-11-24(14(2)10-23(13)12-16-4-3-7-26-16)20(25)17-8-15-5-6-22-19(15)9-18(17)21;6-4-1-2-5-3-4/h3-4,7-10,15-17,28,32H,5-6,11-14H2,1-2H3;3-9,13-14,22H,10-12H2,1-2H3;4-6H,1-3H2/t15-,16+,17+;13-,14+;4-/m001/s1. The van der Waals surface area contributed by atoms with Crippen LogP contribution < -0.4 is 5.32 Å². The van der Waals surface area contributed by atoms with Crippen molar-refractivity contribution < 1.29 is 29.4 Å². The van der Waals surface area contributed by atoms with Crippen molar-refractivity contribution in [1.82, 2.24) is 39.8 Å². The molecule has 0 unspecified atom stereocenters. The Hall–Kier alpha value is -4.62. The number of β-amino-alcohol motifs (C(OH)–C–C–N with tert-alkyl or cyclic N) is 2. The fourth-order valence-corrected chi connectivity index (χ4v) is 11.4. The van der Waals surface area contributed by atoms with Gasteiger partial charge in [0.25, 0.3) is 23.5 Å². The Kier molecular flexibility index (Phi) is 16.1. The summed E-state index contributed by atoms with van der Waals surface area (Å²) in [6.45, 7) is 15.4. The Morgan fingerprint density at radius 1 is 0.676 bits per heavy atom. The molecule has 0 spiro atoms. The molecule has 0 bridgehead atoms. The van der Waals surface area contributed by atoms with Crippen molar-refractivity contribution in [3.63, 3.8) is 0 Å². The highest BCUT2D eigenvalue weighted by Gasteiger charge is 2.36. The van der Waals surface area contributed by atoms with Gasteiger partial charge in [-0.05, 0) is 100 Å². The van der Waals surface area contributed by atoms with Crippen molar-refractivity contribution in [2.24, 2.45) is 0 Å². The summed E-state index contributed by atoms with van der Waals surface area (Å²) in [6.07, 6.45) is 4.06. The number of aliphatic hydroxyl groups excluding tert-OH is 2. The first-order valence-electron chi connectivity index (χ1n) is 23.3. The Morgan fingerprint density at radius 3 is 1.76 bits per heavy atom. The van der Waals surface area contributed by atoms with Gasteiger partial charge >= 0.3 is 0 Å². The molecule has 6 atom stereocenters. The lowest BCUT2D eigenvalue weighted by atomic mass is 10.0. The first kappa shape index (κ1) is 49.8. The maximum atomic E-state index is 13.7. The van der Waals surface area contributed by atoms with Gasteiger partial charge in [0.05, 0.1) is 38.9 Å². The van der Waals surface area contributed by atoms with E-state index in [9.17, 15) is 24.3 Å². The van der Waals surface area contributed by atoms with E-state index in [1.54, 1.807) is 34.8 Å². The second-order valence-electron chi connectivity index (χ2n) is 18.5. The predicted octanol–water partition coefficient (Wildman–Crippen LogP) is 7.35. The number of carbonyl (C=O) groups excluding carboxylic acids is 4. The van der Waals surface area contributed by atoms with E-state index in [-0.39, 0.29) is 48.2 Å². The van der Waals surface area contributed by atoms with Crippen LogP contribution in [0.2, 0.25) is 10.0 Å². The first-order chi connectivity index (χ1) is 32.6. The lowest BCUT2D eigenvalue weighted by molar-refractivity contribution is -0.125. The van der Waals surface area contributed by atoms with Crippen molar-refractivity contribution in [3.05, 3.63) is 114 Å². The van der Waals surface area contributed by atoms with Crippen LogP contribution >= 0.6 is 45.9 Å². The average Bonchev–Trinajstić information content (AvgIpc) is 4.18. The van der Waals surface area contributed by atoms with Crippen LogP contribution in [0.1, 0.15) is 81.4 Å². The molecule has 5 N–H and O–H groups in total. The van der Waals surface area contributed by atoms with Crippen LogP contribution in [0.4, 0.5) is 0 Å². The summed E-state index contributed by atoms with van der Waals surface area (Å²) >= 11 is 16.5. The molecule has 0 radical (unpaired) electrons. The molecule has 18 heteroatoms. The molecule has 2 aromatic carbocycles. The number of H-pyrrole nitrogens is 2. The molecule has 4 saturated heterocycles. The number of benzene rings is 2. The number of ketones is 1. The van der Waals surface area contributed by atoms with Crippen LogP contribution in [0.15, 0.2) is 77.8 Å². The van der Waals surface area contributed by atoms with E-state index in [1.165, 1.54) is 20.9 Å². The van der Waals surface area contributed by atoms with Crippen molar-refractivity contribution in [3.8, 4) is 0 Å². The molecule has 68 heavy (non-hydrogen) atoms. The fraction of sp³-hybridized carbons (Fsp3) is 0.440. The van der Waals surface area contributed by atoms with Gasteiger partial charge in [-0.2, -0.15) is 0 Å². The number of amides is 3. The van der Waals surface area contributed by atoms with Crippen LogP contribution in [0.25, 0.3) is 21.8 Å². The number of rotatable bonds is 8. The molecule has 4 aliphatic rings. The van der Waals surface area contributed by atoms with Crippen LogP contribution in [-0.2, 0) is 17.9 Å². The molecular weight excluding hydrogens is 944 g/mol. The van der Waals surface area contributed by atoms with E-state index in [4.69, 9.17) is 28.3 Å². The van der Waals surface area contributed by atoms with Gasteiger partial charge in [0.2, 0.25) is 0 Å². The minimum atomic E-state index is -0.666. The van der Waals surface area contributed by atoms with E-state index in [1.807, 2.05) is 47.2 Å². The second-order valence-corrected chi connectivity index (χ2v) is 21.4. The highest BCUT2D eigenvalue weighted by molar-refractivity contribution is 7.10. The monoisotopic (exact) mass is 1000 g/mol. The zero-order chi connectivity index (χ0) is 48.2. The molecule has 3 amide bonds. The van der Waals surface area contributed by atoms with Crippen LogP contribution in [-0.4, -0.2) is 157 Å². The zero-order valence-electron chi connectivity index (χ0n) is 38.8. The molecule has 8 heterocycles. The number of thiophene rings is 2. The van der Waals surface area contributed by atoms with Crippen LogP contribution in [0, 0.1) is 0 Å². The molecule has 14 nitrogen and oxygen atoms in total. The molecule has 4 fully saturated rings. The normalized spacial score (nSPS) is 23.4. The van der Waals surface area contributed by atoms with Crippen molar-refractivity contribution in [2.75, 3.05) is 52.4 Å². The highest BCUT2D eigenvalue weighted by atomic mass is 35.5. The van der Waals surface area contributed by atoms with Gasteiger partial charge in [-0.15, -0.1) is 22.7 Å². The number of Topliss-reactive ketones (excluding diaryl/α,β-unsaturated/α-hetero) is 1.